The zero-order valence-corrected chi connectivity index (χ0v) is 14.0. The third-order valence-corrected chi connectivity index (χ3v) is 4.31. The van der Waals surface area contributed by atoms with E-state index >= 15 is 0 Å². The molecule has 3 heteroatoms. The molecule has 1 fully saturated rings. The van der Waals surface area contributed by atoms with Gasteiger partial charge in [-0.1, -0.05) is 12.1 Å². The minimum absolute atomic E-state index is 0.0743. The number of nitrogens with one attached hydrogen (secondary N) is 1. The van der Waals surface area contributed by atoms with Crippen LogP contribution in [0.4, 0.5) is 5.69 Å². The second kappa shape index (κ2) is 7.28. The van der Waals surface area contributed by atoms with Gasteiger partial charge in [0.2, 0.25) is 0 Å². The van der Waals surface area contributed by atoms with Crippen molar-refractivity contribution in [3.63, 3.8) is 0 Å². The second-order valence-electron chi connectivity index (χ2n) is 6.99. The lowest BCUT2D eigenvalue weighted by Crippen LogP contribution is -2.35. The molecular formula is C18H30N2O. The molecule has 3 nitrogen and oxygen atoms in total. The largest absolute Gasteiger partial charge is 0.378 e. The van der Waals surface area contributed by atoms with Crippen LogP contribution in [0.1, 0.15) is 38.7 Å². The number of nitrogens with zero attached hydrogens (tertiary/aromatic N) is 1. The monoisotopic (exact) mass is 290 g/mol. The van der Waals surface area contributed by atoms with Crippen molar-refractivity contribution in [2.24, 2.45) is 5.92 Å². The smallest absolute Gasteiger partial charge is 0.0629 e. The maximum atomic E-state index is 5.78. The summed E-state index contributed by atoms with van der Waals surface area (Å²) in [7, 11) is 4.14. The summed E-state index contributed by atoms with van der Waals surface area (Å²) in [6.07, 6.45) is 3.65. The van der Waals surface area contributed by atoms with E-state index in [-0.39, 0.29) is 5.60 Å². The molecule has 0 radical (unpaired) electrons. The molecule has 1 aromatic rings. The Hall–Kier alpha value is -1.06. The number of hydrogen-bond donors (Lipinski definition) is 1. The fraction of sp³-hybridized carbons (Fsp3) is 0.667. The van der Waals surface area contributed by atoms with Crippen molar-refractivity contribution >= 4 is 5.69 Å². The Labute approximate surface area is 129 Å². The van der Waals surface area contributed by atoms with Gasteiger partial charge in [0.15, 0.2) is 0 Å². The predicted octanol–water partition coefficient (Wildman–Crippen LogP) is 3.44. The van der Waals surface area contributed by atoms with E-state index in [0.717, 1.165) is 25.6 Å². The highest BCUT2D eigenvalue weighted by Crippen LogP contribution is 2.30. The predicted molar refractivity (Wildman–Crippen MR) is 89.8 cm³/mol. The minimum Gasteiger partial charge on any atom is -0.378 e. The lowest BCUT2D eigenvalue weighted by molar-refractivity contribution is -0.0733. The van der Waals surface area contributed by atoms with Crippen LogP contribution in [0.2, 0.25) is 0 Å². The van der Waals surface area contributed by atoms with E-state index in [1.165, 1.54) is 30.5 Å². The third kappa shape index (κ3) is 5.33. The van der Waals surface area contributed by atoms with Crippen LogP contribution in [-0.2, 0) is 11.3 Å². The number of ether oxygens (including phenoxy) is 1. The van der Waals surface area contributed by atoms with E-state index in [2.05, 4.69) is 62.4 Å². The summed E-state index contributed by atoms with van der Waals surface area (Å²) in [6, 6.07) is 8.77. The normalized spacial score (nSPS) is 21.2. The molecule has 1 N–H and O–H groups in total. The summed E-state index contributed by atoms with van der Waals surface area (Å²) in [4.78, 5) is 2.13. The molecule has 1 heterocycles. The van der Waals surface area contributed by atoms with Gasteiger partial charge in [-0.2, -0.15) is 0 Å². The molecule has 118 valence electrons. The Morgan fingerprint density at radius 3 is 2.57 bits per heavy atom. The van der Waals surface area contributed by atoms with Crippen molar-refractivity contribution < 1.29 is 4.74 Å². The summed E-state index contributed by atoms with van der Waals surface area (Å²) in [5, 5.41) is 3.57. The zero-order chi connectivity index (χ0) is 15.3. The van der Waals surface area contributed by atoms with Gasteiger partial charge in [0.1, 0.15) is 0 Å². The first-order valence-corrected chi connectivity index (χ1v) is 8.07. The topological polar surface area (TPSA) is 24.5 Å². The fourth-order valence-corrected chi connectivity index (χ4v) is 3.06. The van der Waals surface area contributed by atoms with Crippen molar-refractivity contribution in [1.82, 2.24) is 5.32 Å². The zero-order valence-electron chi connectivity index (χ0n) is 14.0. The van der Waals surface area contributed by atoms with Gasteiger partial charge in [-0.3, -0.25) is 0 Å². The van der Waals surface area contributed by atoms with E-state index in [0.29, 0.717) is 0 Å². The van der Waals surface area contributed by atoms with Crippen molar-refractivity contribution in [2.75, 3.05) is 32.1 Å². The second-order valence-corrected chi connectivity index (χ2v) is 6.99. The molecule has 1 saturated heterocycles. The van der Waals surface area contributed by atoms with Crippen molar-refractivity contribution in [1.29, 1.82) is 0 Å². The summed E-state index contributed by atoms with van der Waals surface area (Å²) >= 11 is 0. The van der Waals surface area contributed by atoms with Gasteiger partial charge < -0.3 is 15.0 Å². The van der Waals surface area contributed by atoms with Gasteiger partial charge in [-0.25, -0.2) is 0 Å². The van der Waals surface area contributed by atoms with Crippen LogP contribution >= 0.6 is 0 Å². The Bertz CT molecular complexity index is 425. The summed E-state index contributed by atoms with van der Waals surface area (Å²) in [6.45, 7) is 7.39. The molecule has 0 bridgehead atoms. The van der Waals surface area contributed by atoms with Crippen LogP contribution in [0.15, 0.2) is 24.3 Å². The number of hydrogen-bond acceptors (Lipinski definition) is 3. The van der Waals surface area contributed by atoms with Gasteiger partial charge >= 0.3 is 0 Å². The molecule has 2 rings (SSSR count). The van der Waals surface area contributed by atoms with E-state index in [1.54, 1.807) is 0 Å². The Kier molecular flexibility index (Phi) is 5.65. The lowest BCUT2D eigenvalue weighted by Gasteiger charge is -2.35. The first-order chi connectivity index (χ1) is 9.96. The highest BCUT2D eigenvalue weighted by Gasteiger charge is 2.28. The average molecular weight is 290 g/mol. The quantitative estimate of drug-likeness (QED) is 0.812. The number of anilines is 1. The maximum absolute atomic E-state index is 5.78. The van der Waals surface area contributed by atoms with E-state index in [9.17, 15) is 0 Å². The minimum atomic E-state index is 0.0743. The van der Waals surface area contributed by atoms with Crippen molar-refractivity contribution in [3.05, 3.63) is 29.8 Å². The van der Waals surface area contributed by atoms with Crippen LogP contribution in [0.3, 0.4) is 0 Å². The number of rotatable bonds is 6. The van der Waals surface area contributed by atoms with Crippen LogP contribution in [0.5, 0.6) is 0 Å². The molecule has 1 aliphatic heterocycles. The van der Waals surface area contributed by atoms with Crippen LogP contribution in [-0.4, -0.2) is 32.8 Å². The molecular weight excluding hydrogens is 260 g/mol. The molecule has 0 saturated carbocycles. The van der Waals surface area contributed by atoms with Crippen molar-refractivity contribution in [2.45, 2.75) is 45.3 Å². The summed E-state index contributed by atoms with van der Waals surface area (Å²) < 4.78 is 5.78. The summed E-state index contributed by atoms with van der Waals surface area (Å²) in [5.74, 6) is 0.803. The maximum Gasteiger partial charge on any atom is 0.0629 e. The van der Waals surface area contributed by atoms with Crippen molar-refractivity contribution in [3.8, 4) is 0 Å². The first kappa shape index (κ1) is 16.3. The average Bonchev–Trinajstić information content (AvgIpc) is 2.43. The van der Waals surface area contributed by atoms with Gasteiger partial charge in [0.05, 0.1) is 5.60 Å². The van der Waals surface area contributed by atoms with Gasteiger partial charge in [0.25, 0.3) is 0 Å². The molecule has 0 unspecified atom stereocenters. The molecule has 0 aliphatic carbocycles. The Morgan fingerprint density at radius 2 is 1.95 bits per heavy atom. The fourth-order valence-electron chi connectivity index (χ4n) is 3.06. The van der Waals surface area contributed by atoms with Gasteiger partial charge in [-0.15, -0.1) is 0 Å². The summed E-state index contributed by atoms with van der Waals surface area (Å²) in [5.41, 5.74) is 2.68. The lowest BCUT2D eigenvalue weighted by atomic mass is 9.86. The van der Waals surface area contributed by atoms with Crippen LogP contribution < -0.4 is 10.2 Å². The van der Waals surface area contributed by atoms with Gasteiger partial charge in [-0.05, 0) is 63.3 Å². The highest BCUT2D eigenvalue weighted by atomic mass is 16.5. The molecule has 1 atom stereocenters. The SMILES string of the molecule is CN(C)c1ccc(CNCC[C@@H]2CCOC(C)(C)C2)cc1. The first-order valence-electron chi connectivity index (χ1n) is 8.07. The molecule has 1 aromatic carbocycles. The highest BCUT2D eigenvalue weighted by molar-refractivity contribution is 5.45. The molecule has 0 spiro atoms. The third-order valence-electron chi connectivity index (χ3n) is 4.31. The van der Waals surface area contributed by atoms with Crippen LogP contribution in [0, 0.1) is 5.92 Å². The standard InChI is InChI=1S/C18H30N2O/c1-18(2)13-15(10-12-21-18)9-11-19-14-16-5-7-17(8-6-16)20(3)4/h5-8,15,19H,9-14H2,1-4H3/t15-/m1/s1. The molecule has 1 aliphatic rings. The van der Waals surface area contributed by atoms with Crippen LogP contribution in [0.25, 0.3) is 0 Å². The Morgan fingerprint density at radius 1 is 1.24 bits per heavy atom. The van der Waals surface area contributed by atoms with E-state index in [4.69, 9.17) is 4.74 Å². The van der Waals surface area contributed by atoms with E-state index in [1.807, 2.05) is 0 Å². The van der Waals surface area contributed by atoms with Gasteiger partial charge in [0, 0.05) is 32.9 Å². The Balaban J connectivity index is 1.67. The molecule has 0 amide bonds. The molecule has 0 aromatic heterocycles. The number of benzene rings is 1. The van der Waals surface area contributed by atoms with E-state index < -0.39 is 0 Å². The molecule has 21 heavy (non-hydrogen) atoms.